The van der Waals surface area contributed by atoms with E-state index in [1.165, 1.54) is 0 Å². The SMILES string of the molecule is CO[C@H]1O[C@H](CSC[C@H]2O[C@H](OC)[C@H](OCc3ccccc3)[C@@H](OCc3ccccc3)[C@@H]2OCc2ccccc2)[C@@H](OCc2ccccc2)[C@H](OCc2ccccc2)[C@H]1OCc1ccccc1. The molecule has 2 fully saturated rings. The van der Waals surface area contributed by atoms with E-state index in [1.54, 1.807) is 26.0 Å². The van der Waals surface area contributed by atoms with E-state index in [0.717, 1.165) is 33.4 Å². The van der Waals surface area contributed by atoms with Crippen molar-refractivity contribution in [2.75, 3.05) is 25.7 Å². The third-order valence-corrected chi connectivity index (χ3v) is 13.1. The minimum Gasteiger partial charge on any atom is -0.368 e. The Balaban J connectivity index is 1.06. The summed E-state index contributed by atoms with van der Waals surface area (Å²) in [7, 11) is 3.29. The van der Waals surface area contributed by atoms with E-state index in [2.05, 4.69) is 48.5 Å². The molecule has 10 atom stereocenters. The Morgan fingerprint density at radius 3 is 0.776 bits per heavy atom. The van der Waals surface area contributed by atoms with Crippen LogP contribution in [0.25, 0.3) is 0 Å². The predicted molar refractivity (Wildman–Crippen MR) is 259 cm³/mol. The fourth-order valence-electron chi connectivity index (χ4n) is 8.44. The summed E-state index contributed by atoms with van der Waals surface area (Å²) in [5.74, 6) is 1.03. The molecule has 2 heterocycles. The highest BCUT2D eigenvalue weighted by atomic mass is 32.2. The van der Waals surface area contributed by atoms with Crippen molar-refractivity contribution in [3.63, 3.8) is 0 Å². The van der Waals surface area contributed by atoms with Gasteiger partial charge in [0.25, 0.3) is 0 Å². The number of ether oxygens (including phenoxy) is 10. The van der Waals surface area contributed by atoms with Gasteiger partial charge in [-0.2, -0.15) is 11.8 Å². The maximum Gasteiger partial charge on any atom is 0.186 e. The first kappa shape index (κ1) is 48.7. The molecular formula is C56H62O10S. The van der Waals surface area contributed by atoms with E-state index >= 15 is 0 Å². The van der Waals surface area contributed by atoms with Crippen LogP contribution in [-0.4, -0.2) is 87.1 Å². The molecule has 352 valence electrons. The molecule has 0 N–H and O–H groups in total. The summed E-state index contributed by atoms with van der Waals surface area (Å²) in [4.78, 5) is 0. The molecule has 0 spiro atoms. The van der Waals surface area contributed by atoms with Crippen molar-refractivity contribution in [2.45, 2.75) is 101 Å². The minimum atomic E-state index is -0.740. The molecule has 8 rings (SSSR count). The van der Waals surface area contributed by atoms with Crippen molar-refractivity contribution in [1.29, 1.82) is 0 Å². The Labute approximate surface area is 399 Å². The van der Waals surface area contributed by atoms with Gasteiger partial charge in [0.1, 0.15) is 36.6 Å². The number of methoxy groups -OCH3 is 2. The largest absolute Gasteiger partial charge is 0.368 e. The lowest BCUT2D eigenvalue weighted by molar-refractivity contribution is -0.314. The molecule has 11 heteroatoms. The lowest BCUT2D eigenvalue weighted by Gasteiger charge is -2.46. The number of rotatable bonds is 24. The summed E-state index contributed by atoms with van der Waals surface area (Å²) < 4.78 is 66.9. The van der Waals surface area contributed by atoms with Gasteiger partial charge in [-0.25, -0.2) is 0 Å². The van der Waals surface area contributed by atoms with E-state index < -0.39 is 61.4 Å². The van der Waals surface area contributed by atoms with Crippen LogP contribution in [-0.2, 0) is 87.0 Å². The normalized spacial score (nSPS) is 25.2. The summed E-state index contributed by atoms with van der Waals surface area (Å²) >= 11 is 1.68. The summed E-state index contributed by atoms with van der Waals surface area (Å²) in [6, 6.07) is 60.8. The fourth-order valence-corrected chi connectivity index (χ4v) is 9.58. The van der Waals surface area contributed by atoms with E-state index in [1.807, 2.05) is 133 Å². The van der Waals surface area contributed by atoms with Crippen LogP contribution >= 0.6 is 11.8 Å². The van der Waals surface area contributed by atoms with Gasteiger partial charge in [0.15, 0.2) is 12.6 Å². The van der Waals surface area contributed by atoms with Crippen molar-refractivity contribution < 1.29 is 47.4 Å². The van der Waals surface area contributed by atoms with Crippen LogP contribution in [0.2, 0.25) is 0 Å². The standard InChI is InChI=1S/C56H62O10S/c1-57-55-53(63-37-45-29-17-7-18-30-45)51(61-35-43-25-13-5-14-26-43)49(59-33-41-21-9-3-10-22-41)47(65-55)39-67-40-48-50(60-34-42-23-11-4-12-24-42)52(62-36-44-27-15-6-16-28-44)54(56(58-2)66-48)64-38-46-31-19-8-20-32-46/h3-32,47-56H,33-40H2,1-2H3/t47-,48-,49-,50-,51+,52+,53-,54-,55+,56+/m1/s1. The fraction of sp³-hybridized carbons (Fsp3) is 0.357. The highest BCUT2D eigenvalue weighted by Crippen LogP contribution is 2.36. The van der Waals surface area contributed by atoms with Crippen LogP contribution in [0.3, 0.4) is 0 Å². The quantitative estimate of drug-likeness (QED) is 0.0581. The van der Waals surface area contributed by atoms with Gasteiger partial charge >= 0.3 is 0 Å². The average molecular weight is 927 g/mol. The van der Waals surface area contributed by atoms with Crippen LogP contribution in [0.15, 0.2) is 182 Å². The van der Waals surface area contributed by atoms with E-state index in [-0.39, 0.29) is 0 Å². The second-order valence-corrected chi connectivity index (χ2v) is 17.7. The Morgan fingerprint density at radius 1 is 0.313 bits per heavy atom. The molecule has 0 unspecified atom stereocenters. The molecule has 6 aromatic carbocycles. The zero-order chi connectivity index (χ0) is 45.9. The summed E-state index contributed by atoms with van der Waals surface area (Å²) in [5.41, 5.74) is 6.21. The van der Waals surface area contributed by atoms with Gasteiger partial charge in [-0.15, -0.1) is 0 Å². The van der Waals surface area contributed by atoms with Gasteiger partial charge in [0.2, 0.25) is 0 Å². The van der Waals surface area contributed by atoms with Gasteiger partial charge < -0.3 is 47.4 Å². The highest BCUT2D eigenvalue weighted by molar-refractivity contribution is 7.99. The number of hydrogen-bond donors (Lipinski definition) is 0. The molecule has 10 nitrogen and oxygen atoms in total. The predicted octanol–water partition coefficient (Wildman–Crippen LogP) is 9.97. The number of hydrogen-bond acceptors (Lipinski definition) is 11. The van der Waals surface area contributed by atoms with E-state index in [0.29, 0.717) is 51.1 Å². The molecule has 0 aliphatic carbocycles. The van der Waals surface area contributed by atoms with Gasteiger partial charge in [-0.05, 0) is 33.4 Å². The molecule has 2 saturated heterocycles. The van der Waals surface area contributed by atoms with Crippen LogP contribution in [0.5, 0.6) is 0 Å². The Kier molecular flexibility index (Phi) is 19.0. The van der Waals surface area contributed by atoms with Gasteiger partial charge in [0, 0.05) is 25.7 Å². The topological polar surface area (TPSA) is 92.3 Å². The van der Waals surface area contributed by atoms with Crippen molar-refractivity contribution in [1.82, 2.24) is 0 Å². The molecule has 2 aliphatic rings. The Hall–Kier alpha value is -4.73. The molecule has 0 saturated carbocycles. The van der Waals surface area contributed by atoms with E-state index in [4.69, 9.17) is 47.4 Å². The third-order valence-electron chi connectivity index (χ3n) is 11.9. The first-order valence-corrected chi connectivity index (χ1v) is 24.2. The first-order chi connectivity index (χ1) is 33.1. The smallest absolute Gasteiger partial charge is 0.186 e. The van der Waals surface area contributed by atoms with Crippen molar-refractivity contribution in [3.05, 3.63) is 215 Å². The average Bonchev–Trinajstić information content (AvgIpc) is 3.39. The van der Waals surface area contributed by atoms with Crippen LogP contribution in [0.4, 0.5) is 0 Å². The molecule has 0 bridgehead atoms. The lowest BCUT2D eigenvalue weighted by atomic mass is 9.98. The zero-order valence-electron chi connectivity index (χ0n) is 38.2. The van der Waals surface area contributed by atoms with Crippen molar-refractivity contribution in [2.24, 2.45) is 0 Å². The first-order valence-electron chi connectivity index (χ1n) is 23.0. The van der Waals surface area contributed by atoms with Crippen LogP contribution < -0.4 is 0 Å². The van der Waals surface area contributed by atoms with Crippen molar-refractivity contribution >= 4 is 11.8 Å². The van der Waals surface area contributed by atoms with Gasteiger partial charge in [-0.1, -0.05) is 182 Å². The molecule has 67 heavy (non-hydrogen) atoms. The molecule has 2 aliphatic heterocycles. The monoisotopic (exact) mass is 926 g/mol. The lowest BCUT2D eigenvalue weighted by Crippen LogP contribution is -2.62. The van der Waals surface area contributed by atoms with E-state index in [9.17, 15) is 0 Å². The second kappa shape index (κ2) is 26.1. The van der Waals surface area contributed by atoms with Gasteiger partial charge in [0.05, 0.1) is 51.8 Å². The molecular weight excluding hydrogens is 865 g/mol. The second-order valence-electron chi connectivity index (χ2n) is 16.7. The number of thioether (sulfide) groups is 1. The van der Waals surface area contributed by atoms with Crippen molar-refractivity contribution in [3.8, 4) is 0 Å². The molecule has 0 amide bonds. The Morgan fingerprint density at radius 2 is 0.537 bits per heavy atom. The molecule has 0 aromatic heterocycles. The molecule has 0 radical (unpaired) electrons. The Bertz CT molecular complexity index is 2090. The van der Waals surface area contributed by atoms with Crippen LogP contribution in [0.1, 0.15) is 33.4 Å². The summed E-state index contributed by atoms with van der Waals surface area (Å²) in [6.07, 6.45) is -5.80. The highest BCUT2D eigenvalue weighted by Gasteiger charge is 2.51. The molecule has 6 aromatic rings. The van der Waals surface area contributed by atoms with Gasteiger partial charge in [-0.3, -0.25) is 0 Å². The summed E-state index contributed by atoms with van der Waals surface area (Å²) in [6.45, 7) is 2.10. The van der Waals surface area contributed by atoms with Crippen LogP contribution in [0, 0.1) is 0 Å². The maximum atomic E-state index is 6.90. The third kappa shape index (κ3) is 14.2. The minimum absolute atomic E-state index is 0.346. The zero-order valence-corrected chi connectivity index (χ0v) is 39.1. The maximum absolute atomic E-state index is 6.90. The summed E-state index contributed by atoms with van der Waals surface area (Å²) in [5, 5.41) is 0. The number of benzene rings is 6.